The molecule has 4 aromatic rings. The second-order valence-electron chi connectivity index (χ2n) is 8.18. The summed E-state index contributed by atoms with van der Waals surface area (Å²) in [7, 11) is 0. The van der Waals surface area contributed by atoms with Crippen molar-refractivity contribution in [3.05, 3.63) is 66.1 Å². The Balaban J connectivity index is 1.36. The van der Waals surface area contributed by atoms with Crippen molar-refractivity contribution in [1.82, 2.24) is 29.9 Å². The van der Waals surface area contributed by atoms with Crippen LogP contribution in [0.3, 0.4) is 0 Å². The van der Waals surface area contributed by atoms with Crippen molar-refractivity contribution in [2.24, 2.45) is 0 Å². The van der Waals surface area contributed by atoms with E-state index in [1.807, 2.05) is 49.4 Å². The number of benzene rings is 1. The largest absolute Gasteiger partial charge is 0.349 e. The molecule has 1 aliphatic carbocycles. The standard InChI is InChI=1S/C24H25N7O/c1-16-14-21(31-24(26-16)29-22(30-31)18-6-5-13-25-15-18)27-20-11-9-17(10-12-20)23(32)28-19-7-3-2-4-8-19/h5-6,9-15,19,27H,2-4,7-8H2,1H3,(H,28,32). The summed E-state index contributed by atoms with van der Waals surface area (Å²) < 4.78 is 1.68. The predicted octanol–water partition coefficient (Wildman–Crippen LogP) is 4.30. The first kappa shape index (κ1) is 20.1. The molecule has 1 aliphatic rings. The Morgan fingerprint density at radius 3 is 2.62 bits per heavy atom. The Morgan fingerprint density at radius 2 is 1.88 bits per heavy atom. The van der Waals surface area contributed by atoms with E-state index in [0.29, 0.717) is 23.2 Å². The first-order valence-corrected chi connectivity index (χ1v) is 11.0. The topological polar surface area (TPSA) is 97.1 Å². The van der Waals surface area contributed by atoms with E-state index < -0.39 is 0 Å². The van der Waals surface area contributed by atoms with Crippen molar-refractivity contribution in [2.75, 3.05) is 5.32 Å². The summed E-state index contributed by atoms with van der Waals surface area (Å²) in [6, 6.07) is 13.5. The van der Waals surface area contributed by atoms with Gasteiger partial charge in [-0.1, -0.05) is 19.3 Å². The summed E-state index contributed by atoms with van der Waals surface area (Å²) >= 11 is 0. The second-order valence-corrected chi connectivity index (χ2v) is 8.18. The van der Waals surface area contributed by atoms with E-state index in [1.54, 1.807) is 16.9 Å². The molecule has 0 spiro atoms. The Kier molecular flexibility index (Phi) is 5.49. The van der Waals surface area contributed by atoms with Gasteiger partial charge in [-0.25, -0.2) is 4.98 Å². The first-order valence-electron chi connectivity index (χ1n) is 11.0. The fourth-order valence-electron chi connectivity index (χ4n) is 4.06. The zero-order valence-electron chi connectivity index (χ0n) is 18.0. The van der Waals surface area contributed by atoms with Crippen LogP contribution < -0.4 is 10.6 Å². The van der Waals surface area contributed by atoms with Gasteiger partial charge in [-0.3, -0.25) is 9.78 Å². The van der Waals surface area contributed by atoms with Gasteiger partial charge < -0.3 is 10.6 Å². The summed E-state index contributed by atoms with van der Waals surface area (Å²) in [6.45, 7) is 1.92. The van der Waals surface area contributed by atoms with Crippen LogP contribution in [0.1, 0.15) is 48.2 Å². The molecule has 8 nitrogen and oxygen atoms in total. The molecular weight excluding hydrogens is 402 g/mol. The molecule has 0 radical (unpaired) electrons. The minimum atomic E-state index is -0.0111. The number of carbonyl (C=O) groups is 1. The minimum Gasteiger partial charge on any atom is -0.349 e. The van der Waals surface area contributed by atoms with E-state index in [4.69, 9.17) is 0 Å². The van der Waals surface area contributed by atoms with Crippen molar-refractivity contribution in [3.63, 3.8) is 0 Å². The van der Waals surface area contributed by atoms with Crippen LogP contribution in [0.2, 0.25) is 0 Å². The lowest BCUT2D eigenvalue weighted by molar-refractivity contribution is 0.0927. The molecule has 8 heteroatoms. The van der Waals surface area contributed by atoms with E-state index in [9.17, 15) is 4.79 Å². The van der Waals surface area contributed by atoms with Gasteiger partial charge in [0.15, 0.2) is 5.82 Å². The molecule has 0 aliphatic heterocycles. The highest BCUT2D eigenvalue weighted by molar-refractivity contribution is 5.94. The second kappa shape index (κ2) is 8.74. The molecule has 1 fully saturated rings. The molecule has 3 aromatic heterocycles. The van der Waals surface area contributed by atoms with Gasteiger partial charge in [-0.15, -0.1) is 5.10 Å². The minimum absolute atomic E-state index is 0.0111. The maximum absolute atomic E-state index is 12.6. The number of rotatable bonds is 5. The molecule has 32 heavy (non-hydrogen) atoms. The van der Waals surface area contributed by atoms with Crippen LogP contribution in [0.5, 0.6) is 0 Å². The summed E-state index contributed by atoms with van der Waals surface area (Å²) in [6.07, 6.45) is 9.24. The van der Waals surface area contributed by atoms with Crippen LogP contribution in [-0.2, 0) is 0 Å². The molecule has 1 saturated carbocycles. The van der Waals surface area contributed by atoms with E-state index in [-0.39, 0.29) is 5.91 Å². The molecule has 162 valence electrons. The van der Waals surface area contributed by atoms with E-state index >= 15 is 0 Å². The molecule has 2 N–H and O–H groups in total. The molecule has 1 amide bonds. The molecule has 0 unspecified atom stereocenters. The summed E-state index contributed by atoms with van der Waals surface area (Å²) in [5.74, 6) is 1.81. The lowest BCUT2D eigenvalue weighted by Crippen LogP contribution is -2.36. The van der Waals surface area contributed by atoms with Crippen molar-refractivity contribution in [3.8, 4) is 11.4 Å². The summed E-state index contributed by atoms with van der Waals surface area (Å²) in [4.78, 5) is 25.8. The van der Waals surface area contributed by atoms with E-state index in [2.05, 4.69) is 30.7 Å². The number of carbonyl (C=O) groups excluding carboxylic acids is 1. The summed E-state index contributed by atoms with van der Waals surface area (Å²) in [5, 5.41) is 11.1. The number of aryl methyl sites for hydroxylation is 1. The number of pyridine rings is 1. The number of amides is 1. The third-order valence-corrected chi connectivity index (χ3v) is 5.72. The normalized spacial score (nSPS) is 14.4. The van der Waals surface area contributed by atoms with Gasteiger partial charge in [-0.2, -0.15) is 9.50 Å². The molecular formula is C24H25N7O. The highest BCUT2D eigenvalue weighted by atomic mass is 16.1. The number of nitrogens with one attached hydrogen (secondary N) is 2. The van der Waals surface area contributed by atoms with Crippen LogP contribution in [0.25, 0.3) is 17.2 Å². The molecule has 0 bridgehead atoms. The fourth-order valence-corrected chi connectivity index (χ4v) is 4.06. The molecule has 1 aromatic carbocycles. The third kappa shape index (κ3) is 4.30. The first-order chi connectivity index (χ1) is 15.7. The zero-order valence-corrected chi connectivity index (χ0v) is 18.0. The highest BCUT2D eigenvalue weighted by Crippen LogP contribution is 2.22. The number of aromatic nitrogens is 5. The van der Waals surface area contributed by atoms with E-state index in [1.165, 1.54) is 19.3 Å². The Morgan fingerprint density at radius 1 is 1.06 bits per heavy atom. The van der Waals surface area contributed by atoms with Crippen molar-refractivity contribution < 1.29 is 4.79 Å². The van der Waals surface area contributed by atoms with Gasteiger partial charge >= 0.3 is 0 Å². The average molecular weight is 428 g/mol. The van der Waals surface area contributed by atoms with Crippen molar-refractivity contribution >= 4 is 23.2 Å². The fraction of sp³-hybridized carbons (Fsp3) is 0.292. The van der Waals surface area contributed by atoms with Crippen LogP contribution in [-0.4, -0.2) is 36.5 Å². The van der Waals surface area contributed by atoms with Crippen molar-refractivity contribution in [2.45, 2.75) is 45.1 Å². The molecule has 5 rings (SSSR count). The van der Waals surface area contributed by atoms with Crippen molar-refractivity contribution in [1.29, 1.82) is 0 Å². The van der Waals surface area contributed by atoms with E-state index in [0.717, 1.165) is 35.6 Å². The number of anilines is 2. The smallest absolute Gasteiger partial charge is 0.254 e. The van der Waals surface area contributed by atoms with Gasteiger partial charge in [0.05, 0.1) is 0 Å². The van der Waals surface area contributed by atoms with Crippen LogP contribution >= 0.6 is 0 Å². The molecule has 0 saturated heterocycles. The maximum Gasteiger partial charge on any atom is 0.254 e. The lowest BCUT2D eigenvalue weighted by atomic mass is 9.95. The number of fused-ring (bicyclic) bond motifs is 1. The highest BCUT2D eigenvalue weighted by Gasteiger charge is 2.17. The Hall–Kier alpha value is -3.81. The van der Waals surface area contributed by atoms with Crippen LogP contribution in [0, 0.1) is 6.92 Å². The lowest BCUT2D eigenvalue weighted by Gasteiger charge is -2.22. The Bertz CT molecular complexity index is 1230. The molecule has 3 heterocycles. The van der Waals surface area contributed by atoms with Crippen LogP contribution in [0.15, 0.2) is 54.9 Å². The zero-order chi connectivity index (χ0) is 21.9. The van der Waals surface area contributed by atoms with Gasteiger partial charge in [-0.05, 0) is 56.2 Å². The monoisotopic (exact) mass is 427 g/mol. The SMILES string of the molecule is Cc1cc(Nc2ccc(C(=O)NC3CCCCC3)cc2)n2nc(-c3cccnc3)nc2n1. The average Bonchev–Trinajstić information content (AvgIpc) is 3.25. The maximum atomic E-state index is 12.6. The van der Waals surface area contributed by atoms with Gasteiger partial charge in [0.2, 0.25) is 0 Å². The van der Waals surface area contributed by atoms with Gasteiger partial charge in [0.25, 0.3) is 11.7 Å². The number of hydrogen-bond donors (Lipinski definition) is 2. The Labute approximate surface area is 186 Å². The predicted molar refractivity (Wildman–Crippen MR) is 123 cm³/mol. The van der Waals surface area contributed by atoms with Gasteiger partial charge in [0.1, 0.15) is 5.82 Å². The number of hydrogen-bond acceptors (Lipinski definition) is 6. The third-order valence-electron chi connectivity index (χ3n) is 5.72. The number of nitrogens with zero attached hydrogens (tertiary/aromatic N) is 5. The summed E-state index contributed by atoms with van der Waals surface area (Å²) in [5.41, 5.74) is 3.17. The molecule has 0 atom stereocenters. The van der Waals surface area contributed by atoms with Gasteiger partial charge in [0, 0.05) is 47.0 Å². The quantitative estimate of drug-likeness (QED) is 0.493. The van der Waals surface area contributed by atoms with Crippen LogP contribution in [0.4, 0.5) is 11.5 Å².